The van der Waals surface area contributed by atoms with Crippen molar-refractivity contribution in [2.24, 2.45) is 11.8 Å². The zero-order chi connectivity index (χ0) is 6.43. The van der Waals surface area contributed by atoms with Crippen LogP contribution in [0.5, 0.6) is 0 Å². The highest BCUT2D eigenvalue weighted by Crippen LogP contribution is 2.48. The van der Waals surface area contributed by atoms with Crippen molar-refractivity contribution in [3.05, 3.63) is 0 Å². The lowest BCUT2D eigenvalue weighted by Crippen LogP contribution is -2.32. The molecule has 3 unspecified atom stereocenters. The maximum atomic E-state index is 8.89. The Hall–Kier alpha value is -0.0800. The third kappa shape index (κ3) is 0.700. The molecule has 1 aliphatic heterocycles. The van der Waals surface area contributed by atoms with Crippen molar-refractivity contribution in [1.29, 1.82) is 0 Å². The molecule has 0 amide bonds. The molecular formula is C7H13NO. The summed E-state index contributed by atoms with van der Waals surface area (Å²) >= 11 is 0. The number of fused-ring (bicyclic) bond motifs is 1. The Morgan fingerprint density at radius 1 is 1.67 bits per heavy atom. The molecule has 1 aliphatic carbocycles. The summed E-state index contributed by atoms with van der Waals surface area (Å²) in [5.74, 6) is 1.78. The summed E-state index contributed by atoms with van der Waals surface area (Å²) in [5, 5.41) is 8.89. The summed E-state index contributed by atoms with van der Waals surface area (Å²) < 4.78 is 0. The molecule has 0 aromatic rings. The molecule has 2 aliphatic rings. The number of hydrogen-bond donors (Lipinski definition) is 1. The lowest BCUT2D eigenvalue weighted by Gasteiger charge is -2.19. The van der Waals surface area contributed by atoms with E-state index in [1.165, 1.54) is 13.0 Å². The van der Waals surface area contributed by atoms with Gasteiger partial charge in [0.2, 0.25) is 0 Å². The Morgan fingerprint density at radius 2 is 2.44 bits per heavy atom. The SMILES string of the molecule is CN1CC2CC2C1CO. The number of rotatable bonds is 1. The summed E-state index contributed by atoms with van der Waals surface area (Å²) in [5.41, 5.74) is 0. The smallest absolute Gasteiger partial charge is 0.0589 e. The molecular weight excluding hydrogens is 114 g/mol. The molecule has 2 fully saturated rings. The van der Waals surface area contributed by atoms with Crippen LogP contribution in [-0.2, 0) is 0 Å². The third-order valence-corrected chi connectivity index (χ3v) is 2.75. The zero-order valence-electron chi connectivity index (χ0n) is 5.75. The minimum absolute atomic E-state index is 0.359. The number of aliphatic hydroxyl groups is 1. The molecule has 1 N–H and O–H groups in total. The predicted molar refractivity (Wildman–Crippen MR) is 35.1 cm³/mol. The zero-order valence-corrected chi connectivity index (χ0v) is 5.75. The van der Waals surface area contributed by atoms with Crippen molar-refractivity contribution < 1.29 is 5.11 Å². The minimum atomic E-state index is 0.359. The first-order valence-electron chi connectivity index (χ1n) is 3.64. The maximum Gasteiger partial charge on any atom is 0.0589 e. The molecule has 0 aromatic heterocycles. The Bertz CT molecular complexity index is 124. The van der Waals surface area contributed by atoms with E-state index in [0.717, 1.165) is 11.8 Å². The molecule has 1 heterocycles. The third-order valence-electron chi connectivity index (χ3n) is 2.75. The molecule has 3 atom stereocenters. The first-order chi connectivity index (χ1) is 4.33. The summed E-state index contributed by atoms with van der Waals surface area (Å²) in [4.78, 5) is 2.28. The van der Waals surface area contributed by atoms with Gasteiger partial charge in [-0.25, -0.2) is 0 Å². The van der Waals surface area contributed by atoms with Crippen LogP contribution < -0.4 is 0 Å². The van der Waals surface area contributed by atoms with E-state index >= 15 is 0 Å². The van der Waals surface area contributed by atoms with Gasteiger partial charge in [-0.1, -0.05) is 0 Å². The lowest BCUT2D eigenvalue weighted by molar-refractivity contribution is 0.160. The van der Waals surface area contributed by atoms with E-state index in [9.17, 15) is 0 Å². The molecule has 0 bridgehead atoms. The summed E-state index contributed by atoms with van der Waals surface area (Å²) in [7, 11) is 2.10. The highest BCUT2D eigenvalue weighted by atomic mass is 16.3. The molecule has 2 nitrogen and oxygen atoms in total. The van der Waals surface area contributed by atoms with Crippen LogP contribution in [0.25, 0.3) is 0 Å². The Labute approximate surface area is 55.5 Å². The molecule has 0 aromatic carbocycles. The fourth-order valence-corrected chi connectivity index (χ4v) is 2.06. The van der Waals surface area contributed by atoms with Crippen LogP contribution in [0.15, 0.2) is 0 Å². The van der Waals surface area contributed by atoms with Gasteiger partial charge in [-0.15, -0.1) is 0 Å². The number of hydrogen-bond acceptors (Lipinski definition) is 2. The van der Waals surface area contributed by atoms with Crippen molar-refractivity contribution in [3.8, 4) is 0 Å². The molecule has 0 radical (unpaired) electrons. The Morgan fingerprint density at radius 3 is 2.78 bits per heavy atom. The average molecular weight is 127 g/mol. The molecule has 1 saturated carbocycles. The van der Waals surface area contributed by atoms with Crippen molar-refractivity contribution in [2.45, 2.75) is 12.5 Å². The topological polar surface area (TPSA) is 23.5 Å². The van der Waals surface area contributed by atoms with Crippen LogP contribution in [0.3, 0.4) is 0 Å². The Kier molecular flexibility index (Phi) is 1.08. The van der Waals surface area contributed by atoms with Crippen molar-refractivity contribution in [2.75, 3.05) is 20.2 Å². The van der Waals surface area contributed by atoms with Crippen molar-refractivity contribution in [1.82, 2.24) is 4.90 Å². The van der Waals surface area contributed by atoms with Gasteiger partial charge in [0.05, 0.1) is 6.61 Å². The van der Waals surface area contributed by atoms with Gasteiger partial charge >= 0.3 is 0 Å². The van der Waals surface area contributed by atoms with E-state index in [2.05, 4.69) is 11.9 Å². The molecule has 9 heavy (non-hydrogen) atoms. The highest BCUT2D eigenvalue weighted by molar-refractivity contribution is 5.02. The fourth-order valence-electron chi connectivity index (χ4n) is 2.06. The second-order valence-corrected chi connectivity index (χ2v) is 3.35. The van der Waals surface area contributed by atoms with Crippen LogP contribution in [0, 0.1) is 11.8 Å². The van der Waals surface area contributed by atoms with E-state index in [1.807, 2.05) is 0 Å². The van der Waals surface area contributed by atoms with Crippen LogP contribution in [0.4, 0.5) is 0 Å². The summed E-state index contributed by atoms with van der Waals surface area (Å²) in [6, 6.07) is 0.495. The van der Waals surface area contributed by atoms with Gasteiger partial charge in [0.1, 0.15) is 0 Å². The van der Waals surface area contributed by atoms with E-state index < -0.39 is 0 Å². The van der Waals surface area contributed by atoms with Crippen molar-refractivity contribution >= 4 is 0 Å². The minimum Gasteiger partial charge on any atom is -0.395 e. The number of nitrogens with zero attached hydrogens (tertiary/aromatic N) is 1. The highest BCUT2D eigenvalue weighted by Gasteiger charge is 2.50. The van der Waals surface area contributed by atoms with Crippen LogP contribution >= 0.6 is 0 Å². The van der Waals surface area contributed by atoms with E-state index in [0.29, 0.717) is 12.6 Å². The number of piperidine rings is 1. The number of aliphatic hydroxyl groups excluding tert-OH is 1. The molecule has 0 spiro atoms. The first kappa shape index (κ1) is 5.69. The predicted octanol–water partition coefficient (Wildman–Crippen LogP) is -0.0712. The van der Waals surface area contributed by atoms with Gasteiger partial charge in [-0.2, -0.15) is 0 Å². The number of likely N-dealkylation sites (tertiary alicyclic amines) is 1. The van der Waals surface area contributed by atoms with Crippen molar-refractivity contribution in [3.63, 3.8) is 0 Å². The van der Waals surface area contributed by atoms with Crippen LogP contribution in [0.1, 0.15) is 6.42 Å². The standard InChI is InChI=1S/C7H13NO/c1-8-3-5-2-6(5)7(8)4-9/h5-7,9H,2-4H2,1H3. The normalized spacial score (nSPS) is 49.3. The monoisotopic (exact) mass is 127 g/mol. The van der Waals surface area contributed by atoms with Gasteiger partial charge in [0.15, 0.2) is 0 Å². The first-order valence-corrected chi connectivity index (χ1v) is 3.64. The second kappa shape index (κ2) is 1.70. The molecule has 2 heteroatoms. The van der Waals surface area contributed by atoms with Crippen LogP contribution in [-0.4, -0.2) is 36.2 Å². The largest absolute Gasteiger partial charge is 0.395 e. The van der Waals surface area contributed by atoms with Gasteiger partial charge in [0, 0.05) is 12.6 Å². The van der Waals surface area contributed by atoms with E-state index in [4.69, 9.17) is 5.11 Å². The van der Waals surface area contributed by atoms with Gasteiger partial charge in [-0.3, -0.25) is 0 Å². The molecule has 1 saturated heterocycles. The van der Waals surface area contributed by atoms with Crippen LogP contribution in [0.2, 0.25) is 0 Å². The van der Waals surface area contributed by atoms with Gasteiger partial charge in [0.25, 0.3) is 0 Å². The fraction of sp³-hybridized carbons (Fsp3) is 1.00. The summed E-state index contributed by atoms with van der Waals surface area (Å²) in [6.45, 7) is 1.58. The van der Waals surface area contributed by atoms with Gasteiger partial charge in [-0.05, 0) is 25.3 Å². The van der Waals surface area contributed by atoms with E-state index in [-0.39, 0.29) is 0 Å². The van der Waals surface area contributed by atoms with E-state index in [1.54, 1.807) is 0 Å². The number of likely N-dealkylation sites (N-methyl/N-ethyl adjacent to an activating group) is 1. The Balaban J connectivity index is 2.02. The molecule has 52 valence electrons. The quantitative estimate of drug-likeness (QED) is 0.533. The lowest BCUT2D eigenvalue weighted by atomic mass is 10.2. The average Bonchev–Trinajstić information content (AvgIpc) is 2.45. The van der Waals surface area contributed by atoms with Gasteiger partial charge < -0.3 is 10.0 Å². The molecule has 2 rings (SSSR count). The maximum absolute atomic E-state index is 8.89. The second-order valence-electron chi connectivity index (χ2n) is 3.35. The summed E-state index contributed by atoms with van der Waals surface area (Å²) in [6.07, 6.45) is 1.37.